The van der Waals surface area contributed by atoms with E-state index in [1.807, 2.05) is 44.2 Å². The molecule has 1 heterocycles. The minimum Gasteiger partial charge on any atom is -0.497 e. The standard InChI is InChI=1S/C31H36N2O6S/c1-21-11-10-12-22(19-21)30(5,20-32-40(36,37)24-17-15-23(38-7)16-18-24)31(6)25-13-8-9-14-26(25)33(27(31)34)28(35)39-29(2,3)4/h8-19,32H,20H2,1-7H3/t30-,31+/m1/s1. The lowest BCUT2D eigenvalue weighted by Gasteiger charge is -2.44. The fourth-order valence-corrected chi connectivity index (χ4v) is 6.33. The molecule has 4 rings (SSSR count). The van der Waals surface area contributed by atoms with Crippen LogP contribution in [0.4, 0.5) is 10.5 Å². The number of benzene rings is 3. The summed E-state index contributed by atoms with van der Waals surface area (Å²) >= 11 is 0. The number of hydrogen-bond acceptors (Lipinski definition) is 6. The average molecular weight is 565 g/mol. The van der Waals surface area contributed by atoms with Crippen molar-refractivity contribution in [3.8, 4) is 5.75 Å². The number of carbonyl (C=O) groups is 2. The predicted molar refractivity (Wildman–Crippen MR) is 154 cm³/mol. The second-order valence-corrected chi connectivity index (χ2v) is 13.2. The van der Waals surface area contributed by atoms with Crippen molar-refractivity contribution in [2.45, 2.75) is 62.9 Å². The second-order valence-electron chi connectivity index (χ2n) is 11.5. The van der Waals surface area contributed by atoms with Gasteiger partial charge in [-0.1, -0.05) is 55.0 Å². The van der Waals surface area contributed by atoms with Gasteiger partial charge in [-0.05, 0) is 76.1 Å². The van der Waals surface area contributed by atoms with Crippen molar-refractivity contribution in [3.63, 3.8) is 0 Å². The van der Waals surface area contributed by atoms with Gasteiger partial charge in [-0.25, -0.2) is 22.8 Å². The molecule has 2 atom stereocenters. The minimum absolute atomic E-state index is 0.0681. The van der Waals surface area contributed by atoms with Gasteiger partial charge in [0, 0.05) is 12.0 Å². The van der Waals surface area contributed by atoms with E-state index in [9.17, 15) is 18.0 Å². The predicted octanol–water partition coefficient (Wildman–Crippen LogP) is 5.48. The van der Waals surface area contributed by atoms with Crippen LogP contribution < -0.4 is 14.4 Å². The highest BCUT2D eigenvalue weighted by atomic mass is 32.2. The second kappa shape index (κ2) is 10.4. The first-order chi connectivity index (χ1) is 18.6. The molecule has 9 heteroatoms. The third-order valence-electron chi connectivity index (χ3n) is 7.63. The third kappa shape index (κ3) is 5.11. The van der Waals surface area contributed by atoms with Crippen LogP contribution in [0.15, 0.2) is 77.7 Å². The van der Waals surface area contributed by atoms with Crippen molar-refractivity contribution >= 4 is 27.7 Å². The Balaban J connectivity index is 1.84. The molecule has 40 heavy (non-hydrogen) atoms. The van der Waals surface area contributed by atoms with E-state index in [0.717, 1.165) is 16.0 Å². The molecule has 3 aromatic rings. The fraction of sp³-hybridized carbons (Fsp3) is 0.355. The normalized spacial score (nSPS) is 18.7. The minimum atomic E-state index is -3.96. The van der Waals surface area contributed by atoms with E-state index >= 15 is 0 Å². The van der Waals surface area contributed by atoms with Crippen molar-refractivity contribution in [2.75, 3.05) is 18.6 Å². The van der Waals surface area contributed by atoms with E-state index in [0.29, 0.717) is 17.0 Å². The molecule has 0 unspecified atom stereocenters. The number of anilines is 1. The number of hydrogen-bond donors (Lipinski definition) is 1. The van der Waals surface area contributed by atoms with Crippen LogP contribution in [0.3, 0.4) is 0 Å². The number of methoxy groups -OCH3 is 1. The molecule has 0 fully saturated rings. The van der Waals surface area contributed by atoms with E-state index in [1.165, 1.54) is 19.2 Å². The molecule has 0 aromatic heterocycles. The molecule has 0 radical (unpaired) electrons. The molecule has 1 N–H and O–H groups in total. The summed E-state index contributed by atoms with van der Waals surface area (Å²) in [7, 11) is -2.46. The van der Waals surface area contributed by atoms with Crippen molar-refractivity contribution in [1.29, 1.82) is 0 Å². The topological polar surface area (TPSA) is 102 Å². The summed E-state index contributed by atoms with van der Waals surface area (Å²) in [6.45, 7) is 10.6. The van der Waals surface area contributed by atoms with Gasteiger partial charge in [-0.2, -0.15) is 0 Å². The summed E-state index contributed by atoms with van der Waals surface area (Å²) in [5.74, 6) is 0.0436. The number of nitrogens with one attached hydrogen (secondary N) is 1. The van der Waals surface area contributed by atoms with Crippen LogP contribution in [-0.4, -0.2) is 39.7 Å². The lowest BCUT2D eigenvalue weighted by molar-refractivity contribution is -0.124. The van der Waals surface area contributed by atoms with Crippen LogP contribution in [0.5, 0.6) is 5.75 Å². The summed E-state index contributed by atoms with van der Waals surface area (Å²) in [6.07, 6.45) is -0.779. The quantitative estimate of drug-likeness (QED) is 0.408. The highest BCUT2D eigenvalue weighted by Crippen LogP contribution is 2.53. The number of sulfonamides is 1. The van der Waals surface area contributed by atoms with Gasteiger partial charge in [0.25, 0.3) is 0 Å². The number of amides is 2. The molecule has 0 saturated heterocycles. The number of rotatable bonds is 7. The van der Waals surface area contributed by atoms with Crippen LogP contribution in [0, 0.1) is 6.92 Å². The zero-order chi connectivity index (χ0) is 29.5. The summed E-state index contributed by atoms with van der Waals surface area (Å²) in [5, 5.41) is 0. The number of fused-ring (bicyclic) bond motifs is 1. The Morgan fingerprint density at radius 3 is 2.23 bits per heavy atom. The lowest BCUT2D eigenvalue weighted by Crippen LogP contribution is -2.57. The first kappa shape index (κ1) is 29.3. The summed E-state index contributed by atoms with van der Waals surface area (Å²) in [4.78, 5) is 28.9. The first-order valence-corrected chi connectivity index (χ1v) is 14.5. The number of nitrogens with zero attached hydrogens (tertiary/aromatic N) is 1. The van der Waals surface area contributed by atoms with E-state index < -0.39 is 38.5 Å². The Hall–Kier alpha value is -3.69. The highest BCUT2D eigenvalue weighted by molar-refractivity contribution is 7.89. The highest BCUT2D eigenvalue weighted by Gasteiger charge is 2.60. The van der Waals surface area contributed by atoms with Crippen LogP contribution in [0.1, 0.15) is 51.3 Å². The molecule has 0 spiro atoms. The molecular formula is C31H36N2O6S. The summed E-state index contributed by atoms with van der Waals surface area (Å²) in [5.41, 5.74) is -0.549. The smallest absolute Gasteiger partial charge is 0.421 e. The Kier molecular flexibility index (Phi) is 7.60. The Morgan fingerprint density at radius 1 is 0.975 bits per heavy atom. The zero-order valence-electron chi connectivity index (χ0n) is 23.9. The van der Waals surface area contributed by atoms with Crippen LogP contribution in [0.2, 0.25) is 0 Å². The number of ether oxygens (including phenoxy) is 2. The molecule has 2 amide bonds. The summed E-state index contributed by atoms with van der Waals surface area (Å²) in [6, 6.07) is 20.8. The average Bonchev–Trinajstić information content (AvgIpc) is 3.14. The van der Waals surface area contributed by atoms with Crippen LogP contribution in [0.25, 0.3) is 0 Å². The molecule has 1 aliphatic heterocycles. The molecule has 8 nitrogen and oxygen atoms in total. The largest absolute Gasteiger partial charge is 0.497 e. The molecule has 1 aliphatic rings. The van der Waals surface area contributed by atoms with Crippen LogP contribution in [-0.2, 0) is 30.4 Å². The van der Waals surface area contributed by atoms with Crippen molar-refractivity contribution in [2.24, 2.45) is 0 Å². The third-order valence-corrected chi connectivity index (χ3v) is 9.05. The van der Waals surface area contributed by atoms with Crippen molar-refractivity contribution in [3.05, 3.63) is 89.5 Å². The zero-order valence-corrected chi connectivity index (χ0v) is 24.8. The molecular weight excluding hydrogens is 528 g/mol. The van der Waals surface area contributed by atoms with E-state index in [1.54, 1.807) is 58.0 Å². The first-order valence-electron chi connectivity index (χ1n) is 13.0. The maximum absolute atomic E-state index is 14.4. The lowest BCUT2D eigenvalue weighted by atomic mass is 9.59. The van der Waals surface area contributed by atoms with Gasteiger partial charge in [0.05, 0.1) is 23.1 Å². The molecule has 0 saturated carbocycles. The van der Waals surface area contributed by atoms with Gasteiger partial charge in [0.2, 0.25) is 15.9 Å². The number of aryl methyl sites for hydroxylation is 1. The molecule has 0 bridgehead atoms. The number of para-hydroxylation sites is 1. The van der Waals surface area contributed by atoms with Gasteiger partial charge in [-0.15, -0.1) is 0 Å². The number of imide groups is 1. The van der Waals surface area contributed by atoms with Crippen LogP contribution >= 0.6 is 0 Å². The van der Waals surface area contributed by atoms with Gasteiger partial charge in [0.15, 0.2) is 0 Å². The summed E-state index contributed by atoms with van der Waals surface area (Å²) < 4.78 is 40.4. The SMILES string of the molecule is COc1ccc(S(=O)(=O)NC[C@](C)(c2cccc(C)c2)[C@]2(C)C(=O)N(C(=O)OC(C)(C)C)c3ccccc32)cc1. The monoisotopic (exact) mass is 564 g/mol. The molecule has 0 aliphatic carbocycles. The van der Waals surface area contributed by atoms with Crippen molar-refractivity contribution in [1.82, 2.24) is 4.72 Å². The van der Waals surface area contributed by atoms with E-state index in [4.69, 9.17) is 9.47 Å². The van der Waals surface area contributed by atoms with Gasteiger partial charge >= 0.3 is 6.09 Å². The number of carbonyl (C=O) groups excluding carboxylic acids is 2. The van der Waals surface area contributed by atoms with E-state index in [-0.39, 0.29) is 11.4 Å². The Morgan fingerprint density at radius 2 is 1.62 bits per heavy atom. The van der Waals surface area contributed by atoms with Gasteiger partial charge in [0.1, 0.15) is 11.4 Å². The van der Waals surface area contributed by atoms with E-state index in [2.05, 4.69) is 4.72 Å². The van der Waals surface area contributed by atoms with Crippen molar-refractivity contribution < 1.29 is 27.5 Å². The Labute approximate surface area is 236 Å². The Bertz CT molecular complexity index is 1540. The molecule has 3 aromatic carbocycles. The van der Waals surface area contributed by atoms with Gasteiger partial charge in [-0.3, -0.25) is 4.79 Å². The maximum Gasteiger partial charge on any atom is 0.421 e. The molecule has 212 valence electrons. The fourth-order valence-electron chi connectivity index (χ4n) is 5.20. The maximum atomic E-state index is 14.4. The van der Waals surface area contributed by atoms with Gasteiger partial charge < -0.3 is 9.47 Å².